The number of benzene rings is 1. The molecular weight excluding hydrogens is 300 g/mol. The van der Waals surface area contributed by atoms with Gasteiger partial charge in [0, 0.05) is 29.9 Å². The van der Waals surface area contributed by atoms with Crippen LogP contribution in [0.1, 0.15) is 11.6 Å². The van der Waals surface area contributed by atoms with E-state index in [0.29, 0.717) is 17.1 Å². The molecule has 110 valence electrons. The van der Waals surface area contributed by atoms with Crippen LogP contribution in [0.4, 0.5) is 4.79 Å². The highest BCUT2D eigenvalue weighted by atomic mass is 35.5. The number of halogens is 1. The Kier molecular flexibility index (Phi) is 6.67. The zero-order valence-corrected chi connectivity index (χ0v) is 12.9. The highest BCUT2D eigenvalue weighted by Crippen LogP contribution is 2.23. The number of nitrogens with one attached hydrogen (secondary N) is 1. The number of thioether (sulfide) groups is 1. The number of amides is 2. The first-order chi connectivity index (χ1) is 9.47. The largest absolute Gasteiger partial charge is 0.479 e. The minimum absolute atomic E-state index is 0.312. The monoisotopic (exact) mass is 316 g/mol. The predicted octanol–water partition coefficient (Wildman–Crippen LogP) is 2.47. The molecule has 0 aromatic heterocycles. The number of carboxylic acid groups (broad SMARTS) is 1. The molecule has 0 saturated heterocycles. The predicted molar refractivity (Wildman–Crippen MR) is 81.4 cm³/mol. The Morgan fingerprint density at radius 1 is 1.45 bits per heavy atom. The molecule has 2 amide bonds. The highest BCUT2D eigenvalue weighted by molar-refractivity contribution is 7.98. The van der Waals surface area contributed by atoms with Gasteiger partial charge >= 0.3 is 12.0 Å². The lowest BCUT2D eigenvalue weighted by Crippen LogP contribution is -2.42. The molecule has 0 heterocycles. The van der Waals surface area contributed by atoms with Crippen LogP contribution in [0.3, 0.4) is 0 Å². The number of rotatable bonds is 6. The van der Waals surface area contributed by atoms with E-state index < -0.39 is 18.0 Å². The van der Waals surface area contributed by atoms with Gasteiger partial charge < -0.3 is 15.3 Å². The molecule has 5 nitrogen and oxygen atoms in total. The Hall–Kier alpha value is -1.40. The minimum atomic E-state index is -1.16. The van der Waals surface area contributed by atoms with Crippen LogP contribution < -0.4 is 5.32 Å². The maximum absolute atomic E-state index is 11.9. The zero-order valence-electron chi connectivity index (χ0n) is 11.3. The van der Waals surface area contributed by atoms with Crippen LogP contribution >= 0.6 is 23.4 Å². The lowest BCUT2D eigenvalue weighted by molar-refractivity contribution is -0.139. The number of nitrogens with zero attached hydrogens (tertiary/aromatic N) is 1. The van der Waals surface area contributed by atoms with Gasteiger partial charge in [0.2, 0.25) is 0 Å². The summed E-state index contributed by atoms with van der Waals surface area (Å²) in [6.45, 7) is 0.544. The van der Waals surface area contributed by atoms with Gasteiger partial charge in [-0.2, -0.15) is 11.8 Å². The van der Waals surface area contributed by atoms with Crippen molar-refractivity contribution in [1.29, 1.82) is 0 Å². The molecule has 7 heteroatoms. The van der Waals surface area contributed by atoms with Gasteiger partial charge in [-0.3, -0.25) is 0 Å². The van der Waals surface area contributed by atoms with Gasteiger partial charge in [0.05, 0.1) is 0 Å². The van der Waals surface area contributed by atoms with Crippen molar-refractivity contribution in [3.63, 3.8) is 0 Å². The molecule has 1 aromatic rings. The second kappa shape index (κ2) is 8.01. The molecule has 0 saturated carbocycles. The first kappa shape index (κ1) is 16.7. The summed E-state index contributed by atoms with van der Waals surface area (Å²) < 4.78 is 0. The van der Waals surface area contributed by atoms with E-state index in [1.54, 1.807) is 43.1 Å². The third kappa shape index (κ3) is 4.61. The number of carbonyl (C=O) groups is 2. The minimum Gasteiger partial charge on any atom is -0.479 e. The smallest absolute Gasteiger partial charge is 0.331 e. The summed E-state index contributed by atoms with van der Waals surface area (Å²) in [4.78, 5) is 24.7. The topological polar surface area (TPSA) is 69.6 Å². The van der Waals surface area contributed by atoms with Crippen LogP contribution in [0.15, 0.2) is 24.3 Å². The van der Waals surface area contributed by atoms with Crippen LogP contribution in [-0.2, 0) is 4.79 Å². The average molecular weight is 317 g/mol. The Bertz CT molecular complexity index is 484. The second-order valence-electron chi connectivity index (χ2n) is 4.16. The quantitative estimate of drug-likeness (QED) is 0.846. The molecule has 0 aliphatic heterocycles. The molecule has 2 N–H and O–H groups in total. The standard InChI is InChI=1S/C13H17ClN2O3S/c1-16(7-8-20-2)13(19)15-11(12(17)18)9-5-3-4-6-10(9)14/h3-6,11H,7-8H2,1-2H3,(H,15,19)(H,17,18)/t11-/m1/s1. The average Bonchev–Trinajstić information content (AvgIpc) is 2.42. The van der Waals surface area contributed by atoms with Gasteiger partial charge in [-0.05, 0) is 12.3 Å². The number of carbonyl (C=O) groups excluding carboxylic acids is 1. The van der Waals surface area contributed by atoms with Gasteiger partial charge in [0.1, 0.15) is 0 Å². The van der Waals surface area contributed by atoms with Crippen LogP contribution in [0.25, 0.3) is 0 Å². The Morgan fingerprint density at radius 3 is 2.65 bits per heavy atom. The fraction of sp³-hybridized carbons (Fsp3) is 0.385. The van der Waals surface area contributed by atoms with E-state index in [2.05, 4.69) is 5.32 Å². The summed E-state index contributed by atoms with van der Waals surface area (Å²) in [5, 5.41) is 12.0. The van der Waals surface area contributed by atoms with E-state index in [9.17, 15) is 14.7 Å². The van der Waals surface area contributed by atoms with Crippen molar-refractivity contribution < 1.29 is 14.7 Å². The third-order valence-corrected chi connectivity index (χ3v) is 3.64. The van der Waals surface area contributed by atoms with Crippen molar-refractivity contribution in [2.75, 3.05) is 25.6 Å². The molecule has 0 radical (unpaired) electrons. The number of carboxylic acids is 1. The zero-order chi connectivity index (χ0) is 15.1. The van der Waals surface area contributed by atoms with E-state index in [1.807, 2.05) is 6.26 Å². The molecule has 0 spiro atoms. The lowest BCUT2D eigenvalue weighted by Gasteiger charge is -2.21. The molecule has 0 fully saturated rings. The first-order valence-electron chi connectivity index (χ1n) is 5.95. The molecule has 0 unspecified atom stereocenters. The van der Waals surface area contributed by atoms with Crippen molar-refractivity contribution in [2.45, 2.75) is 6.04 Å². The highest BCUT2D eigenvalue weighted by Gasteiger charge is 2.25. The SMILES string of the molecule is CSCCN(C)C(=O)N[C@@H](C(=O)O)c1ccccc1Cl. The second-order valence-corrected chi connectivity index (χ2v) is 5.55. The van der Waals surface area contributed by atoms with Crippen molar-refractivity contribution in [3.05, 3.63) is 34.9 Å². The van der Waals surface area contributed by atoms with Crippen molar-refractivity contribution in [3.8, 4) is 0 Å². The van der Waals surface area contributed by atoms with Crippen molar-refractivity contribution >= 4 is 35.4 Å². The first-order valence-corrected chi connectivity index (χ1v) is 7.72. The van der Waals surface area contributed by atoms with E-state index in [-0.39, 0.29) is 0 Å². The van der Waals surface area contributed by atoms with Crippen LogP contribution in [0.2, 0.25) is 5.02 Å². The molecule has 1 aromatic carbocycles. The van der Waals surface area contributed by atoms with Gasteiger partial charge in [0.15, 0.2) is 6.04 Å². The van der Waals surface area contributed by atoms with Crippen LogP contribution in [0, 0.1) is 0 Å². The van der Waals surface area contributed by atoms with Crippen LogP contribution in [0.5, 0.6) is 0 Å². The summed E-state index contributed by atoms with van der Waals surface area (Å²) in [5.74, 6) is -0.363. The summed E-state index contributed by atoms with van der Waals surface area (Å²) in [6.07, 6.45) is 1.94. The number of urea groups is 1. The normalized spacial score (nSPS) is 11.8. The Balaban J connectivity index is 2.81. The summed E-state index contributed by atoms with van der Waals surface area (Å²) in [7, 11) is 1.62. The van der Waals surface area contributed by atoms with E-state index in [0.717, 1.165) is 5.75 Å². The van der Waals surface area contributed by atoms with Crippen molar-refractivity contribution in [1.82, 2.24) is 10.2 Å². The van der Waals surface area contributed by atoms with Crippen molar-refractivity contribution in [2.24, 2.45) is 0 Å². The molecular formula is C13H17ClN2O3S. The molecule has 20 heavy (non-hydrogen) atoms. The summed E-state index contributed by atoms with van der Waals surface area (Å²) >= 11 is 7.59. The summed E-state index contributed by atoms with van der Waals surface area (Å²) in [5.41, 5.74) is 0.369. The van der Waals surface area contributed by atoms with Gasteiger partial charge in [-0.15, -0.1) is 0 Å². The molecule has 1 atom stereocenters. The summed E-state index contributed by atoms with van der Waals surface area (Å²) in [6, 6.07) is 4.97. The maximum Gasteiger partial charge on any atom is 0.331 e. The fourth-order valence-corrected chi connectivity index (χ4v) is 2.25. The van der Waals surface area contributed by atoms with Crippen LogP contribution in [-0.4, -0.2) is 47.6 Å². The van der Waals surface area contributed by atoms with E-state index in [1.165, 1.54) is 4.90 Å². The van der Waals surface area contributed by atoms with Gasteiger partial charge in [0.25, 0.3) is 0 Å². The third-order valence-electron chi connectivity index (χ3n) is 2.71. The van der Waals surface area contributed by atoms with E-state index in [4.69, 9.17) is 11.6 Å². The molecule has 1 rings (SSSR count). The number of hydrogen-bond donors (Lipinski definition) is 2. The number of hydrogen-bond acceptors (Lipinski definition) is 3. The lowest BCUT2D eigenvalue weighted by atomic mass is 10.1. The molecule has 0 aliphatic carbocycles. The number of aliphatic carboxylic acids is 1. The van der Waals surface area contributed by atoms with Gasteiger partial charge in [-0.1, -0.05) is 29.8 Å². The molecule has 0 bridgehead atoms. The fourth-order valence-electron chi connectivity index (χ4n) is 1.55. The van der Waals surface area contributed by atoms with E-state index >= 15 is 0 Å². The Morgan fingerprint density at radius 2 is 2.10 bits per heavy atom. The van der Waals surface area contributed by atoms with Gasteiger partial charge in [-0.25, -0.2) is 9.59 Å². The Labute approximate surface area is 127 Å². The maximum atomic E-state index is 11.9. The molecule has 0 aliphatic rings.